The molecule has 2 aliphatic rings. The number of methoxy groups -OCH3 is 2. The Labute approximate surface area is 115 Å². The van der Waals surface area contributed by atoms with Gasteiger partial charge in [-0.05, 0) is 5.56 Å². The van der Waals surface area contributed by atoms with Gasteiger partial charge >= 0.3 is 11.9 Å². The van der Waals surface area contributed by atoms with E-state index in [1.807, 2.05) is 6.07 Å². The average Bonchev–Trinajstić information content (AvgIpc) is 2.62. The average molecular weight is 269 g/mol. The summed E-state index contributed by atoms with van der Waals surface area (Å²) in [6, 6.07) is 10.5. The van der Waals surface area contributed by atoms with Crippen LogP contribution >= 0.6 is 0 Å². The van der Waals surface area contributed by atoms with Gasteiger partial charge in [-0.15, -0.1) is 0 Å². The highest BCUT2D eigenvalue weighted by Crippen LogP contribution is 2.36. The maximum Gasteiger partial charge on any atom is 0.340 e. The summed E-state index contributed by atoms with van der Waals surface area (Å²) < 4.78 is 9.38. The van der Waals surface area contributed by atoms with Gasteiger partial charge in [-0.3, -0.25) is 0 Å². The molecule has 0 fully saturated rings. The second kappa shape index (κ2) is 5.41. The first-order valence-electron chi connectivity index (χ1n) is 5.77. The predicted octanol–water partition coefficient (Wildman–Crippen LogP) is 2.24. The molecule has 0 atom stereocenters. The number of nitrogens with zero attached hydrogens (tertiary/aromatic N) is 1. The standard InChI is InChI=1S/C15H11NO4/c1-19-14(17)12-10-7-5-3-4-6-9(10)11(8-16)13(12)15(18)20-2/h3-7H,1-2H3. The quantitative estimate of drug-likeness (QED) is 0.781. The third-order valence-corrected chi connectivity index (χ3v) is 2.97. The molecule has 0 saturated carbocycles. The van der Waals surface area contributed by atoms with Crippen LogP contribution in [0.2, 0.25) is 0 Å². The molecule has 100 valence electrons. The summed E-state index contributed by atoms with van der Waals surface area (Å²) in [5.41, 5.74) is 1.12. The van der Waals surface area contributed by atoms with Crippen LogP contribution in [-0.2, 0) is 9.47 Å². The zero-order valence-corrected chi connectivity index (χ0v) is 11.0. The number of hydrogen-bond donors (Lipinski definition) is 0. The van der Waals surface area contributed by atoms with Crippen LogP contribution < -0.4 is 0 Å². The van der Waals surface area contributed by atoms with Crippen LogP contribution in [0.5, 0.6) is 0 Å². The summed E-state index contributed by atoms with van der Waals surface area (Å²) in [7, 11) is 2.42. The molecule has 0 N–H and O–H groups in total. The summed E-state index contributed by atoms with van der Waals surface area (Å²) in [5, 5.41) is 9.30. The Morgan fingerprint density at radius 3 is 2.05 bits per heavy atom. The van der Waals surface area contributed by atoms with E-state index in [4.69, 9.17) is 4.74 Å². The Morgan fingerprint density at radius 1 is 0.950 bits per heavy atom. The van der Waals surface area contributed by atoms with Gasteiger partial charge in [0.05, 0.1) is 30.9 Å². The highest BCUT2D eigenvalue weighted by molar-refractivity contribution is 6.13. The van der Waals surface area contributed by atoms with Crippen molar-refractivity contribution in [2.45, 2.75) is 0 Å². The smallest absolute Gasteiger partial charge is 0.340 e. The van der Waals surface area contributed by atoms with Gasteiger partial charge in [-0.1, -0.05) is 30.3 Å². The van der Waals surface area contributed by atoms with Gasteiger partial charge in [0.1, 0.15) is 6.07 Å². The molecule has 0 bridgehead atoms. The van der Waals surface area contributed by atoms with Crippen molar-refractivity contribution in [1.82, 2.24) is 0 Å². The summed E-state index contributed by atoms with van der Waals surface area (Å²) in [4.78, 5) is 23.9. The van der Waals surface area contributed by atoms with Crippen LogP contribution in [0.3, 0.4) is 0 Å². The third kappa shape index (κ3) is 1.97. The highest BCUT2D eigenvalue weighted by atomic mass is 16.5. The number of fused-ring (bicyclic) bond motifs is 1. The minimum atomic E-state index is -0.735. The second-order valence-corrected chi connectivity index (χ2v) is 3.96. The lowest BCUT2D eigenvalue weighted by Crippen LogP contribution is -2.10. The van der Waals surface area contributed by atoms with Gasteiger partial charge < -0.3 is 9.47 Å². The van der Waals surface area contributed by atoms with E-state index in [0.29, 0.717) is 11.1 Å². The zero-order chi connectivity index (χ0) is 14.7. The predicted molar refractivity (Wildman–Crippen MR) is 70.5 cm³/mol. The van der Waals surface area contributed by atoms with E-state index in [-0.39, 0.29) is 16.7 Å². The van der Waals surface area contributed by atoms with E-state index >= 15 is 0 Å². The molecule has 0 heterocycles. The molecular formula is C15H11NO4. The summed E-state index contributed by atoms with van der Waals surface area (Å²) in [6.07, 6.45) is 0. The van der Waals surface area contributed by atoms with Crippen molar-refractivity contribution in [2.24, 2.45) is 0 Å². The van der Waals surface area contributed by atoms with Crippen molar-refractivity contribution in [2.75, 3.05) is 14.2 Å². The van der Waals surface area contributed by atoms with Gasteiger partial charge in [-0.25, -0.2) is 9.59 Å². The molecule has 0 spiro atoms. The number of esters is 2. The van der Waals surface area contributed by atoms with Gasteiger partial charge in [0.25, 0.3) is 0 Å². The van der Waals surface area contributed by atoms with Crippen LogP contribution in [0.1, 0.15) is 26.3 Å². The molecule has 20 heavy (non-hydrogen) atoms. The molecule has 0 saturated heterocycles. The number of nitriles is 1. The van der Waals surface area contributed by atoms with E-state index in [9.17, 15) is 14.9 Å². The Balaban J connectivity index is 2.92. The van der Waals surface area contributed by atoms with Crippen LogP contribution in [0.15, 0.2) is 30.3 Å². The van der Waals surface area contributed by atoms with Crippen LogP contribution in [-0.4, -0.2) is 26.2 Å². The van der Waals surface area contributed by atoms with Crippen LogP contribution in [0.4, 0.5) is 0 Å². The van der Waals surface area contributed by atoms with E-state index in [0.717, 1.165) is 0 Å². The number of rotatable bonds is 2. The number of ether oxygens (including phenoxy) is 2. The monoisotopic (exact) mass is 269 g/mol. The fourth-order valence-electron chi connectivity index (χ4n) is 2.11. The molecular weight excluding hydrogens is 258 g/mol. The van der Waals surface area contributed by atoms with E-state index in [2.05, 4.69) is 4.74 Å². The molecule has 5 nitrogen and oxygen atoms in total. The lowest BCUT2D eigenvalue weighted by molar-refractivity contribution is 0.0557. The van der Waals surface area contributed by atoms with Gasteiger partial charge in [0.2, 0.25) is 0 Å². The van der Waals surface area contributed by atoms with E-state index < -0.39 is 11.9 Å². The van der Waals surface area contributed by atoms with E-state index in [1.54, 1.807) is 30.3 Å². The summed E-state index contributed by atoms with van der Waals surface area (Å²) in [5.74, 6) is -1.41. The normalized spacial score (nSPS) is 9.85. The molecule has 0 aromatic rings. The molecule has 0 amide bonds. The van der Waals surface area contributed by atoms with Crippen LogP contribution in [0.25, 0.3) is 11.1 Å². The molecule has 2 rings (SSSR count). The first-order valence-corrected chi connectivity index (χ1v) is 5.77. The fraction of sp³-hybridized carbons (Fsp3) is 0.133. The molecule has 0 radical (unpaired) electrons. The Hall–Kier alpha value is -2.87. The molecule has 0 unspecified atom stereocenters. The highest BCUT2D eigenvalue weighted by Gasteiger charge is 2.31. The van der Waals surface area contributed by atoms with Gasteiger partial charge in [0.15, 0.2) is 0 Å². The van der Waals surface area contributed by atoms with Crippen molar-refractivity contribution < 1.29 is 19.1 Å². The largest absolute Gasteiger partial charge is 0.465 e. The van der Waals surface area contributed by atoms with Gasteiger partial charge in [-0.2, -0.15) is 5.26 Å². The van der Waals surface area contributed by atoms with Crippen molar-refractivity contribution in [3.8, 4) is 17.2 Å². The molecule has 0 aliphatic heterocycles. The van der Waals surface area contributed by atoms with Gasteiger partial charge in [0, 0.05) is 5.56 Å². The fourth-order valence-corrected chi connectivity index (χ4v) is 2.11. The molecule has 5 heteroatoms. The van der Waals surface area contributed by atoms with Crippen molar-refractivity contribution in [3.05, 3.63) is 47.0 Å². The number of carbonyl (C=O) groups excluding carboxylic acids is 2. The third-order valence-electron chi connectivity index (χ3n) is 2.97. The minimum Gasteiger partial charge on any atom is -0.465 e. The minimum absolute atomic E-state index is 0.0527. The molecule has 0 aromatic carbocycles. The topological polar surface area (TPSA) is 76.4 Å². The van der Waals surface area contributed by atoms with Crippen molar-refractivity contribution in [1.29, 1.82) is 5.26 Å². The maximum atomic E-state index is 12.0. The summed E-state index contributed by atoms with van der Waals surface area (Å²) >= 11 is 0. The zero-order valence-electron chi connectivity index (χ0n) is 11.0. The summed E-state index contributed by atoms with van der Waals surface area (Å²) in [6.45, 7) is 0. The van der Waals surface area contributed by atoms with Crippen LogP contribution in [0, 0.1) is 11.3 Å². The van der Waals surface area contributed by atoms with Crippen molar-refractivity contribution in [3.63, 3.8) is 0 Å². The van der Waals surface area contributed by atoms with E-state index in [1.165, 1.54) is 14.2 Å². The first kappa shape index (κ1) is 13.6. The lowest BCUT2D eigenvalue weighted by atomic mass is 10.1. The lowest BCUT2D eigenvalue weighted by Gasteiger charge is -2.02. The number of carbonyl (C=O) groups is 2. The first-order chi connectivity index (χ1) is 9.65. The second-order valence-electron chi connectivity index (χ2n) is 3.96. The molecule has 2 aliphatic carbocycles. The number of hydrogen-bond acceptors (Lipinski definition) is 5. The Morgan fingerprint density at radius 2 is 1.50 bits per heavy atom. The van der Waals surface area contributed by atoms with Crippen molar-refractivity contribution >= 4 is 11.9 Å². The Kier molecular flexibility index (Phi) is 3.67. The SMILES string of the molecule is COC(=O)c1c2cccccc-2c(C#N)c1C(=O)OC. The molecule has 0 aromatic heterocycles. The Bertz CT molecular complexity index is 700. The maximum absolute atomic E-state index is 12.0.